The minimum atomic E-state index is -1.13. The number of carbonyl (C=O) groups is 2. The van der Waals surface area contributed by atoms with E-state index in [0.29, 0.717) is 5.25 Å². The van der Waals surface area contributed by atoms with Crippen molar-refractivity contribution in [2.24, 2.45) is 0 Å². The quantitative estimate of drug-likeness (QED) is 0.640. The Hall–Kier alpha value is -1.89. The molecule has 7 heteroatoms. The second-order valence-electron chi connectivity index (χ2n) is 4.95. The van der Waals surface area contributed by atoms with Gasteiger partial charge in [0, 0.05) is 11.3 Å². The van der Waals surface area contributed by atoms with Crippen LogP contribution >= 0.6 is 11.8 Å². The van der Waals surface area contributed by atoms with E-state index < -0.39 is 5.97 Å². The number of nitrogens with one attached hydrogen (secondary N) is 2. The van der Waals surface area contributed by atoms with Crippen molar-refractivity contribution in [3.8, 4) is 5.75 Å². The number of aromatic hydroxyl groups is 1. The fourth-order valence-corrected chi connectivity index (χ4v) is 3.41. The van der Waals surface area contributed by atoms with E-state index in [1.54, 1.807) is 11.8 Å². The molecule has 114 valence electrons. The number of phenolic OH excluding ortho intramolecular Hbond substituents is 1. The van der Waals surface area contributed by atoms with Gasteiger partial charge in [0.1, 0.15) is 5.75 Å². The molecule has 1 aromatic rings. The molecule has 4 N–H and O–H groups in total. The van der Waals surface area contributed by atoms with Gasteiger partial charge in [-0.1, -0.05) is 6.42 Å². The third-order valence-electron chi connectivity index (χ3n) is 3.56. The van der Waals surface area contributed by atoms with E-state index >= 15 is 0 Å². The zero-order valence-electron chi connectivity index (χ0n) is 11.6. The van der Waals surface area contributed by atoms with Gasteiger partial charge in [0.25, 0.3) is 0 Å². The second-order valence-corrected chi connectivity index (χ2v) is 6.02. The van der Waals surface area contributed by atoms with E-state index in [2.05, 4.69) is 10.6 Å². The number of hydrogen-bond acceptors (Lipinski definition) is 4. The number of rotatable bonds is 4. The summed E-state index contributed by atoms with van der Waals surface area (Å²) >= 11 is 1.74. The molecule has 2 amide bonds. The van der Waals surface area contributed by atoms with Crippen LogP contribution in [0.5, 0.6) is 5.75 Å². The SMILES string of the molecule is CSC1CCCC1NC(=O)Nc1ccc(C(=O)O)cc1O. The number of carboxylic acid groups (broad SMARTS) is 1. The van der Waals surface area contributed by atoms with Crippen LogP contribution in [0.3, 0.4) is 0 Å². The van der Waals surface area contributed by atoms with Crippen molar-refractivity contribution in [1.29, 1.82) is 0 Å². The van der Waals surface area contributed by atoms with Crippen LogP contribution in [-0.2, 0) is 0 Å². The summed E-state index contributed by atoms with van der Waals surface area (Å²) in [7, 11) is 0. The molecule has 0 heterocycles. The van der Waals surface area contributed by atoms with Crippen molar-refractivity contribution in [1.82, 2.24) is 5.32 Å². The van der Waals surface area contributed by atoms with Gasteiger partial charge in [-0.05, 0) is 37.3 Å². The molecule has 1 fully saturated rings. The number of carbonyl (C=O) groups excluding carboxylic acids is 1. The van der Waals surface area contributed by atoms with Crippen molar-refractivity contribution in [3.05, 3.63) is 23.8 Å². The molecule has 6 nitrogen and oxygen atoms in total. The van der Waals surface area contributed by atoms with Crippen LogP contribution < -0.4 is 10.6 Å². The third kappa shape index (κ3) is 3.81. The van der Waals surface area contributed by atoms with Crippen LogP contribution in [0, 0.1) is 0 Å². The number of hydrogen-bond donors (Lipinski definition) is 4. The maximum absolute atomic E-state index is 11.9. The molecule has 1 saturated carbocycles. The smallest absolute Gasteiger partial charge is 0.335 e. The maximum atomic E-state index is 11.9. The third-order valence-corrected chi connectivity index (χ3v) is 4.73. The van der Waals surface area contributed by atoms with Crippen molar-refractivity contribution in [2.75, 3.05) is 11.6 Å². The summed E-state index contributed by atoms with van der Waals surface area (Å²) in [6.45, 7) is 0. The predicted octanol–water partition coefficient (Wildman–Crippen LogP) is 2.50. The number of benzene rings is 1. The Balaban J connectivity index is 1.98. The van der Waals surface area contributed by atoms with Gasteiger partial charge in [0.15, 0.2) is 0 Å². The summed E-state index contributed by atoms with van der Waals surface area (Å²) in [5.41, 5.74) is 0.160. The molecule has 21 heavy (non-hydrogen) atoms. The molecule has 1 aliphatic carbocycles. The first kappa shape index (κ1) is 15.5. The van der Waals surface area contributed by atoms with Gasteiger partial charge in [-0.2, -0.15) is 11.8 Å². The topological polar surface area (TPSA) is 98.7 Å². The van der Waals surface area contributed by atoms with Gasteiger partial charge in [-0.25, -0.2) is 9.59 Å². The highest BCUT2D eigenvalue weighted by atomic mass is 32.2. The Morgan fingerprint density at radius 2 is 2.10 bits per heavy atom. The fourth-order valence-electron chi connectivity index (χ4n) is 2.47. The van der Waals surface area contributed by atoms with Crippen LogP contribution in [0.15, 0.2) is 18.2 Å². The number of anilines is 1. The normalized spacial score (nSPS) is 21.0. The van der Waals surface area contributed by atoms with E-state index in [1.165, 1.54) is 12.1 Å². The van der Waals surface area contributed by atoms with Gasteiger partial charge in [-0.15, -0.1) is 0 Å². The lowest BCUT2D eigenvalue weighted by atomic mass is 10.2. The number of amides is 2. The molecule has 0 aromatic heterocycles. The second kappa shape index (κ2) is 6.71. The molecule has 0 radical (unpaired) electrons. The number of phenols is 1. The lowest BCUT2D eigenvalue weighted by molar-refractivity contribution is 0.0696. The van der Waals surface area contributed by atoms with Crippen molar-refractivity contribution in [2.45, 2.75) is 30.6 Å². The minimum Gasteiger partial charge on any atom is -0.506 e. The van der Waals surface area contributed by atoms with Gasteiger partial charge in [0.2, 0.25) is 0 Å². The molecule has 0 spiro atoms. The minimum absolute atomic E-state index is 0.0308. The summed E-state index contributed by atoms with van der Waals surface area (Å²) in [6.07, 6.45) is 5.15. The summed E-state index contributed by atoms with van der Waals surface area (Å²) in [4.78, 5) is 22.7. The Bertz CT molecular complexity index is 550. The van der Waals surface area contributed by atoms with Crippen LogP contribution in [0.2, 0.25) is 0 Å². The molecule has 0 aliphatic heterocycles. The first-order valence-corrected chi connectivity index (χ1v) is 7.96. The molecular formula is C14H18N2O4S. The van der Waals surface area contributed by atoms with Crippen LogP contribution in [0.25, 0.3) is 0 Å². The fraction of sp³-hybridized carbons (Fsp3) is 0.429. The first-order valence-electron chi connectivity index (χ1n) is 6.68. The summed E-state index contributed by atoms with van der Waals surface area (Å²) in [5.74, 6) is -1.40. The summed E-state index contributed by atoms with van der Waals surface area (Å²) < 4.78 is 0. The predicted molar refractivity (Wildman–Crippen MR) is 82.2 cm³/mol. The number of thioether (sulfide) groups is 1. The lowest BCUT2D eigenvalue weighted by Crippen LogP contribution is -2.41. The highest BCUT2D eigenvalue weighted by Crippen LogP contribution is 2.29. The first-order chi connectivity index (χ1) is 10.0. The monoisotopic (exact) mass is 310 g/mol. The lowest BCUT2D eigenvalue weighted by Gasteiger charge is -2.19. The van der Waals surface area contributed by atoms with Crippen LogP contribution in [0.4, 0.5) is 10.5 Å². The van der Waals surface area contributed by atoms with Crippen molar-refractivity contribution >= 4 is 29.4 Å². The largest absolute Gasteiger partial charge is 0.506 e. The van der Waals surface area contributed by atoms with Crippen molar-refractivity contribution in [3.63, 3.8) is 0 Å². The number of carboxylic acids is 1. The molecular weight excluding hydrogens is 292 g/mol. The van der Waals surface area contributed by atoms with Crippen LogP contribution in [0.1, 0.15) is 29.6 Å². The molecule has 0 saturated heterocycles. The number of aromatic carboxylic acids is 1. The average Bonchev–Trinajstić information content (AvgIpc) is 2.87. The Morgan fingerprint density at radius 3 is 2.71 bits per heavy atom. The van der Waals surface area contributed by atoms with E-state index in [4.69, 9.17) is 5.11 Å². The van der Waals surface area contributed by atoms with Gasteiger partial charge >= 0.3 is 12.0 Å². The Morgan fingerprint density at radius 1 is 1.33 bits per heavy atom. The van der Waals surface area contributed by atoms with Gasteiger partial charge < -0.3 is 20.8 Å². The van der Waals surface area contributed by atoms with Gasteiger partial charge in [-0.3, -0.25) is 0 Å². The van der Waals surface area contributed by atoms with E-state index in [9.17, 15) is 14.7 Å². The van der Waals surface area contributed by atoms with Crippen LogP contribution in [-0.4, -0.2) is 39.8 Å². The highest BCUT2D eigenvalue weighted by molar-refractivity contribution is 7.99. The van der Waals surface area contributed by atoms with E-state index in [1.807, 2.05) is 6.26 Å². The molecule has 2 unspecified atom stereocenters. The maximum Gasteiger partial charge on any atom is 0.335 e. The van der Waals surface area contributed by atoms with Crippen molar-refractivity contribution < 1.29 is 19.8 Å². The molecule has 2 atom stereocenters. The zero-order valence-corrected chi connectivity index (χ0v) is 12.4. The standard InChI is InChI=1S/C14H18N2O4S/c1-21-12-4-2-3-10(12)16-14(20)15-9-6-5-8(13(18)19)7-11(9)17/h5-7,10,12,17H,2-4H2,1H3,(H,18,19)(H2,15,16,20). The molecule has 1 aliphatic rings. The molecule has 1 aromatic carbocycles. The van der Waals surface area contributed by atoms with E-state index in [-0.39, 0.29) is 29.1 Å². The Labute approximate surface area is 126 Å². The molecule has 2 rings (SSSR count). The number of urea groups is 1. The van der Waals surface area contributed by atoms with Gasteiger partial charge in [0.05, 0.1) is 11.3 Å². The summed E-state index contributed by atoms with van der Waals surface area (Å²) in [5, 5.41) is 24.4. The average molecular weight is 310 g/mol. The molecule has 0 bridgehead atoms. The highest BCUT2D eigenvalue weighted by Gasteiger charge is 2.27. The Kier molecular flexibility index (Phi) is 4.95. The summed E-state index contributed by atoms with van der Waals surface area (Å²) in [6, 6.07) is 3.55. The van der Waals surface area contributed by atoms with E-state index in [0.717, 1.165) is 25.3 Å². The zero-order chi connectivity index (χ0) is 15.4.